The second-order valence-corrected chi connectivity index (χ2v) is 5.65. The molecule has 0 spiro atoms. The molecule has 0 saturated heterocycles. The fraction of sp³-hybridized carbons (Fsp3) is 0.316. The largest absolute Gasteiger partial charge is 0.497 e. The van der Waals surface area contributed by atoms with Crippen LogP contribution in [0, 0.1) is 0 Å². The summed E-state index contributed by atoms with van der Waals surface area (Å²) in [5, 5.41) is 6.05. The molecule has 7 nitrogen and oxygen atoms in total. The number of rotatable bonds is 7. The van der Waals surface area contributed by atoms with Crippen molar-refractivity contribution < 1.29 is 23.7 Å². The molecule has 0 aliphatic carbocycles. The Morgan fingerprint density at radius 3 is 2.62 bits per heavy atom. The van der Waals surface area contributed by atoms with Crippen molar-refractivity contribution in [3.05, 3.63) is 36.4 Å². The van der Waals surface area contributed by atoms with Crippen molar-refractivity contribution in [1.82, 2.24) is 0 Å². The van der Waals surface area contributed by atoms with Crippen LogP contribution in [0.4, 0.5) is 11.4 Å². The Hall–Kier alpha value is -3.09. The number of nitrogens with one attached hydrogen (secondary N) is 2. The van der Waals surface area contributed by atoms with E-state index in [-0.39, 0.29) is 5.91 Å². The number of fused-ring (bicyclic) bond motifs is 1. The van der Waals surface area contributed by atoms with Gasteiger partial charge in [0.25, 0.3) is 0 Å². The molecule has 1 aliphatic heterocycles. The quantitative estimate of drug-likeness (QED) is 0.792. The van der Waals surface area contributed by atoms with Crippen LogP contribution in [0.3, 0.4) is 0 Å². The van der Waals surface area contributed by atoms with Gasteiger partial charge in [-0.05, 0) is 24.3 Å². The SMILES string of the molecule is COc1ccc(OC)c(NCCC(=O)Nc2ccc3c(c2)OCCO3)c1. The summed E-state index contributed by atoms with van der Waals surface area (Å²) >= 11 is 0. The van der Waals surface area contributed by atoms with E-state index < -0.39 is 0 Å². The number of carbonyl (C=O) groups excluding carboxylic acids is 1. The molecule has 0 radical (unpaired) electrons. The fourth-order valence-corrected chi connectivity index (χ4v) is 2.61. The highest BCUT2D eigenvalue weighted by Crippen LogP contribution is 2.32. The molecule has 0 aromatic heterocycles. The van der Waals surface area contributed by atoms with Gasteiger partial charge in [-0.15, -0.1) is 0 Å². The van der Waals surface area contributed by atoms with E-state index in [0.29, 0.717) is 54.9 Å². The monoisotopic (exact) mass is 358 g/mol. The molecule has 7 heteroatoms. The Morgan fingerprint density at radius 2 is 1.85 bits per heavy atom. The molecular weight excluding hydrogens is 336 g/mol. The second-order valence-electron chi connectivity index (χ2n) is 5.65. The van der Waals surface area contributed by atoms with Crippen molar-refractivity contribution in [1.29, 1.82) is 0 Å². The van der Waals surface area contributed by atoms with Crippen LogP contribution in [-0.4, -0.2) is 39.9 Å². The van der Waals surface area contributed by atoms with E-state index in [0.717, 1.165) is 5.69 Å². The third kappa shape index (κ3) is 4.30. The van der Waals surface area contributed by atoms with Gasteiger partial charge in [-0.3, -0.25) is 4.79 Å². The molecule has 1 amide bonds. The highest BCUT2D eigenvalue weighted by Gasteiger charge is 2.13. The molecule has 0 fully saturated rings. The summed E-state index contributed by atoms with van der Waals surface area (Å²) in [6.07, 6.45) is 0.300. The first-order valence-corrected chi connectivity index (χ1v) is 8.35. The second kappa shape index (κ2) is 8.33. The van der Waals surface area contributed by atoms with Gasteiger partial charge < -0.3 is 29.6 Å². The van der Waals surface area contributed by atoms with Crippen LogP contribution in [-0.2, 0) is 4.79 Å². The number of ether oxygens (including phenoxy) is 4. The number of benzene rings is 2. The number of hydrogen-bond donors (Lipinski definition) is 2. The molecule has 2 aromatic carbocycles. The standard InChI is InChI=1S/C19H22N2O5/c1-23-14-4-6-16(24-2)15(12-14)20-8-7-19(22)21-13-3-5-17-18(11-13)26-10-9-25-17/h3-6,11-12,20H,7-10H2,1-2H3,(H,21,22). The van der Waals surface area contributed by atoms with Gasteiger partial charge in [0.2, 0.25) is 5.91 Å². The van der Waals surface area contributed by atoms with Crippen molar-refractivity contribution >= 4 is 17.3 Å². The molecule has 0 bridgehead atoms. The Morgan fingerprint density at radius 1 is 1.04 bits per heavy atom. The molecule has 0 unspecified atom stereocenters. The third-order valence-electron chi connectivity index (χ3n) is 3.90. The summed E-state index contributed by atoms with van der Waals surface area (Å²) in [5.74, 6) is 2.65. The molecule has 138 valence electrons. The molecule has 1 heterocycles. The van der Waals surface area contributed by atoms with E-state index in [2.05, 4.69) is 10.6 Å². The Bertz CT molecular complexity index is 779. The minimum absolute atomic E-state index is 0.101. The highest BCUT2D eigenvalue weighted by molar-refractivity contribution is 5.91. The number of anilines is 2. The Kier molecular flexibility index (Phi) is 5.68. The Labute approximate surface area is 152 Å². The average Bonchev–Trinajstić information content (AvgIpc) is 2.67. The van der Waals surface area contributed by atoms with Gasteiger partial charge in [0.05, 0.1) is 19.9 Å². The van der Waals surface area contributed by atoms with E-state index in [9.17, 15) is 4.79 Å². The molecule has 2 N–H and O–H groups in total. The highest BCUT2D eigenvalue weighted by atomic mass is 16.6. The topological polar surface area (TPSA) is 78.1 Å². The van der Waals surface area contributed by atoms with Gasteiger partial charge in [0.1, 0.15) is 24.7 Å². The predicted octanol–water partition coefficient (Wildman–Crippen LogP) is 2.92. The van der Waals surface area contributed by atoms with Crippen LogP contribution < -0.4 is 29.6 Å². The van der Waals surface area contributed by atoms with Gasteiger partial charge in [-0.25, -0.2) is 0 Å². The lowest BCUT2D eigenvalue weighted by Crippen LogP contribution is -2.18. The smallest absolute Gasteiger partial charge is 0.226 e. The van der Waals surface area contributed by atoms with E-state index in [1.54, 1.807) is 32.4 Å². The van der Waals surface area contributed by atoms with Gasteiger partial charge >= 0.3 is 0 Å². The van der Waals surface area contributed by atoms with Crippen LogP contribution in [0.5, 0.6) is 23.0 Å². The van der Waals surface area contributed by atoms with Crippen molar-refractivity contribution in [2.45, 2.75) is 6.42 Å². The lowest BCUT2D eigenvalue weighted by molar-refractivity contribution is -0.115. The van der Waals surface area contributed by atoms with Crippen molar-refractivity contribution in [3.63, 3.8) is 0 Å². The molecular formula is C19H22N2O5. The van der Waals surface area contributed by atoms with Gasteiger partial charge in [-0.2, -0.15) is 0 Å². The number of methoxy groups -OCH3 is 2. The first-order valence-electron chi connectivity index (χ1n) is 8.35. The number of amides is 1. The maximum atomic E-state index is 12.2. The van der Waals surface area contributed by atoms with E-state index in [4.69, 9.17) is 18.9 Å². The predicted molar refractivity (Wildman–Crippen MR) is 98.7 cm³/mol. The van der Waals surface area contributed by atoms with Crippen LogP contribution in [0.2, 0.25) is 0 Å². The number of hydrogen-bond acceptors (Lipinski definition) is 6. The Balaban J connectivity index is 1.53. The van der Waals surface area contributed by atoms with Crippen molar-refractivity contribution in [2.24, 2.45) is 0 Å². The summed E-state index contributed by atoms with van der Waals surface area (Å²) in [7, 11) is 3.20. The van der Waals surface area contributed by atoms with E-state index in [1.165, 1.54) is 0 Å². The molecule has 2 aromatic rings. The minimum Gasteiger partial charge on any atom is -0.497 e. The van der Waals surface area contributed by atoms with Gasteiger partial charge in [0.15, 0.2) is 11.5 Å². The summed E-state index contributed by atoms with van der Waals surface area (Å²) in [4.78, 5) is 12.2. The number of carbonyl (C=O) groups is 1. The van der Waals surface area contributed by atoms with Gasteiger partial charge in [0, 0.05) is 30.8 Å². The van der Waals surface area contributed by atoms with Crippen LogP contribution in [0.15, 0.2) is 36.4 Å². The van der Waals surface area contributed by atoms with Crippen molar-refractivity contribution in [3.8, 4) is 23.0 Å². The lowest BCUT2D eigenvalue weighted by Gasteiger charge is -2.19. The summed E-state index contributed by atoms with van der Waals surface area (Å²) in [6, 6.07) is 10.8. The molecule has 0 saturated carbocycles. The third-order valence-corrected chi connectivity index (χ3v) is 3.90. The first-order chi connectivity index (χ1) is 12.7. The minimum atomic E-state index is -0.101. The van der Waals surface area contributed by atoms with Gasteiger partial charge in [-0.1, -0.05) is 0 Å². The molecule has 3 rings (SSSR count). The lowest BCUT2D eigenvalue weighted by atomic mass is 10.2. The maximum Gasteiger partial charge on any atom is 0.226 e. The molecule has 26 heavy (non-hydrogen) atoms. The zero-order chi connectivity index (χ0) is 18.4. The average molecular weight is 358 g/mol. The summed E-state index contributed by atoms with van der Waals surface area (Å²) in [5.41, 5.74) is 1.46. The zero-order valence-corrected chi connectivity index (χ0v) is 14.8. The van der Waals surface area contributed by atoms with Crippen molar-refractivity contribution in [2.75, 3.05) is 44.6 Å². The van der Waals surface area contributed by atoms with E-state index >= 15 is 0 Å². The maximum absolute atomic E-state index is 12.2. The zero-order valence-electron chi connectivity index (χ0n) is 14.8. The van der Waals surface area contributed by atoms with E-state index in [1.807, 2.05) is 18.2 Å². The van der Waals surface area contributed by atoms with Crippen LogP contribution >= 0.6 is 0 Å². The fourth-order valence-electron chi connectivity index (χ4n) is 2.61. The molecule has 0 atom stereocenters. The summed E-state index contributed by atoms with van der Waals surface area (Å²) in [6.45, 7) is 1.51. The van der Waals surface area contributed by atoms with Crippen LogP contribution in [0.1, 0.15) is 6.42 Å². The van der Waals surface area contributed by atoms with Crippen LogP contribution in [0.25, 0.3) is 0 Å². The summed E-state index contributed by atoms with van der Waals surface area (Å²) < 4.78 is 21.5. The normalized spacial score (nSPS) is 12.2. The first kappa shape index (κ1) is 17.7. The molecule has 1 aliphatic rings.